The van der Waals surface area contributed by atoms with Crippen LogP contribution in [-0.4, -0.2) is 43.3 Å². The molecule has 0 saturated carbocycles. The zero-order valence-corrected chi connectivity index (χ0v) is 13.9. The van der Waals surface area contributed by atoms with E-state index >= 15 is 0 Å². The number of aromatic amines is 1. The highest BCUT2D eigenvalue weighted by atomic mass is 16.2. The topological polar surface area (TPSA) is 86.8 Å². The maximum atomic E-state index is 12.6. The average molecular weight is 336 g/mol. The number of pyridine rings is 2. The summed E-state index contributed by atoms with van der Waals surface area (Å²) in [6.45, 7) is 2.00. The van der Waals surface area contributed by atoms with Gasteiger partial charge in [-0.05, 0) is 43.7 Å². The minimum absolute atomic E-state index is 0.0434. The predicted octanol–water partition coefficient (Wildman–Crippen LogP) is 1.63. The van der Waals surface area contributed by atoms with E-state index in [0.717, 1.165) is 36.4 Å². The van der Waals surface area contributed by atoms with E-state index in [0.29, 0.717) is 18.7 Å². The molecule has 1 aliphatic rings. The minimum Gasteiger partial charge on any atom is -0.348 e. The first-order valence-corrected chi connectivity index (χ1v) is 8.51. The SMILES string of the molecule is O=C(NCc1nc2ncccc2[nH]1)C1CCCN1Cc1ccccn1. The van der Waals surface area contributed by atoms with Crippen molar-refractivity contribution in [1.82, 2.24) is 30.2 Å². The monoisotopic (exact) mass is 336 g/mol. The van der Waals surface area contributed by atoms with Crippen molar-refractivity contribution in [3.8, 4) is 0 Å². The Morgan fingerprint density at radius 2 is 2.16 bits per heavy atom. The molecule has 128 valence electrons. The standard InChI is InChI=1S/C18H20N6O/c25-18(21-11-16-22-14-6-3-9-20-17(14)23-16)15-7-4-10-24(15)12-13-5-1-2-8-19-13/h1-3,5-6,8-9,15H,4,7,10-12H2,(H,21,25)(H,20,22,23). The summed E-state index contributed by atoms with van der Waals surface area (Å²) < 4.78 is 0. The lowest BCUT2D eigenvalue weighted by Crippen LogP contribution is -2.42. The fourth-order valence-electron chi connectivity index (χ4n) is 3.28. The van der Waals surface area contributed by atoms with Crippen molar-refractivity contribution in [1.29, 1.82) is 0 Å². The first-order chi connectivity index (χ1) is 12.3. The molecular weight excluding hydrogens is 316 g/mol. The first-order valence-electron chi connectivity index (χ1n) is 8.51. The lowest BCUT2D eigenvalue weighted by molar-refractivity contribution is -0.125. The molecule has 1 aliphatic heterocycles. The van der Waals surface area contributed by atoms with Crippen LogP contribution in [0.15, 0.2) is 42.7 Å². The van der Waals surface area contributed by atoms with Gasteiger partial charge in [0.25, 0.3) is 0 Å². The molecule has 7 nitrogen and oxygen atoms in total. The summed E-state index contributed by atoms with van der Waals surface area (Å²) in [5, 5.41) is 3.00. The molecular formula is C18H20N6O. The van der Waals surface area contributed by atoms with Gasteiger partial charge in [-0.15, -0.1) is 0 Å². The number of nitrogens with one attached hydrogen (secondary N) is 2. The van der Waals surface area contributed by atoms with Gasteiger partial charge in [0.05, 0.1) is 23.8 Å². The predicted molar refractivity (Wildman–Crippen MR) is 93.4 cm³/mol. The number of hydrogen-bond donors (Lipinski definition) is 2. The van der Waals surface area contributed by atoms with Gasteiger partial charge in [0.2, 0.25) is 5.91 Å². The molecule has 0 spiro atoms. The second-order valence-electron chi connectivity index (χ2n) is 6.23. The van der Waals surface area contributed by atoms with Gasteiger partial charge < -0.3 is 10.3 Å². The number of likely N-dealkylation sites (tertiary alicyclic amines) is 1. The van der Waals surface area contributed by atoms with Crippen molar-refractivity contribution in [2.45, 2.75) is 32.0 Å². The number of hydrogen-bond acceptors (Lipinski definition) is 5. The van der Waals surface area contributed by atoms with Gasteiger partial charge in [-0.1, -0.05) is 6.07 Å². The van der Waals surface area contributed by atoms with Crippen molar-refractivity contribution in [3.05, 3.63) is 54.2 Å². The van der Waals surface area contributed by atoms with E-state index < -0.39 is 0 Å². The Morgan fingerprint density at radius 3 is 3.00 bits per heavy atom. The number of rotatable bonds is 5. The number of carbonyl (C=O) groups excluding carboxylic acids is 1. The maximum Gasteiger partial charge on any atom is 0.237 e. The molecule has 4 heterocycles. The largest absolute Gasteiger partial charge is 0.348 e. The molecule has 7 heteroatoms. The van der Waals surface area contributed by atoms with Crippen LogP contribution < -0.4 is 5.32 Å². The fraction of sp³-hybridized carbons (Fsp3) is 0.333. The van der Waals surface area contributed by atoms with Gasteiger partial charge in [-0.25, -0.2) is 9.97 Å². The van der Waals surface area contributed by atoms with Crippen LogP contribution >= 0.6 is 0 Å². The zero-order chi connectivity index (χ0) is 17.1. The number of nitrogens with zero attached hydrogens (tertiary/aromatic N) is 4. The van der Waals surface area contributed by atoms with Crippen LogP contribution in [0.25, 0.3) is 11.2 Å². The van der Waals surface area contributed by atoms with E-state index in [9.17, 15) is 4.79 Å². The van der Waals surface area contributed by atoms with Crippen LogP contribution in [0.4, 0.5) is 0 Å². The summed E-state index contributed by atoms with van der Waals surface area (Å²) >= 11 is 0. The van der Waals surface area contributed by atoms with Gasteiger partial charge >= 0.3 is 0 Å². The molecule has 3 aromatic rings. The molecule has 0 radical (unpaired) electrons. The zero-order valence-electron chi connectivity index (χ0n) is 13.9. The maximum absolute atomic E-state index is 12.6. The Labute approximate surface area is 145 Å². The Morgan fingerprint density at radius 1 is 1.24 bits per heavy atom. The minimum atomic E-state index is -0.107. The average Bonchev–Trinajstić information content (AvgIpc) is 3.27. The number of amides is 1. The molecule has 3 aromatic heterocycles. The fourth-order valence-corrected chi connectivity index (χ4v) is 3.28. The Balaban J connectivity index is 1.38. The molecule has 1 atom stereocenters. The van der Waals surface area contributed by atoms with Gasteiger partial charge in [0.1, 0.15) is 5.82 Å². The highest BCUT2D eigenvalue weighted by Gasteiger charge is 2.30. The van der Waals surface area contributed by atoms with E-state index in [2.05, 4.69) is 30.2 Å². The molecule has 1 saturated heterocycles. The molecule has 0 aromatic carbocycles. The summed E-state index contributed by atoms with van der Waals surface area (Å²) in [5.74, 6) is 0.762. The van der Waals surface area contributed by atoms with Gasteiger partial charge in [0, 0.05) is 18.9 Å². The van der Waals surface area contributed by atoms with Crippen LogP contribution in [0, 0.1) is 0 Å². The molecule has 0 aliphatic carbocycles. The summed E-state index contributed by atoms with van der Waals surface area (Å²) in [5.41, 5.74) is 2.54. The third-order valence-corrected chi connectivity index (χ3v) is 4.49. The summed E-state index contributed by atoms with van der Waals surface area (Å²) in [6, 6.07) is 9.55. The van der Waals surface area contributed by atoms with E-state index in [1.54, 1.807) is 12.4 Å². The molecule has 4 rings (SSSR count). The van der Waals surface area contributed by atoms with Crippen molar-refractivity contribution >= 4 is 17.1 Å². The lowest BCUT2D eigenvalue weighted by atomic mass is 10.2. The highest BCUT2D eigenvalue weighted by molar-refractivity contribution is 5.82. The van der Waals surface area contributed by atoms with Crippen molar-refractivity contribution < 1.29 is 4.79 Å². The number of carbonyl (C=O) groups is 1. The van der Waals surface area contributed by atoms with E-state index in [1.165, 1.54) is 0 Å². The molecule has 1 unspecified atom stereocenters. The lowest BCUT2D eigenvalue weighted by Gasteiger charge is -2.23. The third-order valence-electron chi connectivity index (χ3n) is 4.49. The van der Waals surface area contributed by atoms with Gasteiger partial charge in [0.15, 0.2) is 5.65 Å². The normalized spacial score (nSPS) is 17.8. The van der Waals surface area contributed by atoms with Crippen LogP contribution in [0.3, 0.4) is 0 Å². The van der Waals surface area contributed by atoms with Gasteiger partial charge in [-0.2, -0.15) is 0 Å². The molecule has 1 amide bonds. The molecule has 1 fully saturated rings. The highest BCUT2D eigenvalue weighted by Crippen LogP contribution is 2.19. The van der Waals surface area contributed by atoms with Crippen LogP contribution in [-0.2, 0) is 17.9 Å². The third kappa shape index (κ3) is 3.51. The smallest absolute Gasteiger partial charge is 0.237 e. The summed E-state index contributed by atoms with van der Waals surface area (Å²) in [6.07, 6.45) is 5.40. The van der Waals surface area contributed by atoms with Gasteiger partial charge in [-0.3, -0.25) is 14.7 Å². The van der Waals surface area contributed by atoms with Crippen molar-refractivity contribution in [2.75, 3.05) is 6.54 Å². The van der Waals surface area contributed by atoms with Crippen LogP contribution in [0.2, 0.25) is 0 Å². The van der Waals surface area contributed by atoms with Crippen LogP contribution in [0.1, 0.15) is 24.4 Å². The Bertz CT molecular complexity index is 829. The summed E-state index contributed by atoms with van der Waals surface area (Å²) in [7, 11) is 0. The Kier molecular flexibility index (Phi) is 4.39. The second-order valence-corrected chi connectivity index (χ2v) is 6.23. The quantitative estimate of drug-likeness (QED) is 0.739. The molecule has 0 bridgehead atoms. The van der Waals surface area contributed by atoms with Crippen LogP contribution in [0.5, 0.6) is 0 Å². The Hall–Kier alpha value is -2.80. The van der Waals surface area contributed by atoms with Crippen molar-refractivity contribution in [2.24, 2.45) is 0 Å². The number of H-pyrrole nitrogens is 1. The van der Waals surface area contributed by atoms with E-state index in [4.69, 9.17) is 0 Å². The number of fused-ring (bicyclic) bond motifs is 1. The van der Waals surface area contributed by atoms with Crippen molar-refractivity contribution in [3.63, 3.8) is 0 Å². The van der Waals surface area contributed by atoms with E-state index in [1.807, 2.05) is 30.3 Å². The number of imidazole rings is 1. The summed E-state index contributed by atoms with van der Waals surface area (Å²) in [4.78, 5) is 30.9. The second kappa shape index (κ2) is 6.98. The first kappa shape index (κ1) is 15.7. The van der Waals surface area contributed by atoms with E-state index in [-0.39, 0.29) is 11.9 Å². The molecule has 25 heavy (non-hydrogen) atoms. The molecule has 2 N–H and O–H groups in total. The number of aromatic nitrogens is 4.